The molecule has 1 aromatic heterocycles. The minimum Gasteiger partial charge on any atom is -0.497 e. The first-order chi connectivity index (χ1) is 16.6. The molecular formula is C25H28N4O5. The van der Waals surface area contributed by atoms with Gasteiger partial charge in [0.1, 0.15) is 23.0 Å². The van der Waals surface area contributed by atoms with E-state index in [9.17, 15) is 4.79 Å². The van der Waals surface area contributed by atoms with Crippen LogP contribution in [0.4, 0.5) is 5.82 Å². The lowest BCUT2D eigenvalue weighted by Gasteiger charge is -2.35. The molecule has 0 aliphatic carbocycles. The highest BCUT2D eigenvalue weighted by Gasteiger charge is 2.22. The summed E-state index contributed by atoms with van der Waals surface area (Å²) in [6, 6.07) is 16.6. The molecule has 1 aliphatic rings. The van der Waals surface area contributed by atoms with E-state index in [-0.39, 0.29) is 12.5 Å². The van der Waals surface area contributed by atoms with Crippen molar-refractivity contribution in [3.8, 4) is 34.3 Å². The smallest absolute Gasteiger partial charge is 0.260 e. The largest absolute Gasteiger partial charge is 0.497 e. The second-order valence-electron chi connectivity index (χ2n) is 7.68. The van der Waals surface area contributed by atoms with Crippen molar-refractivity contribution in [3.05, 3.63) is 54.6 Å². The van der Waals surface area contributed by atoms with Crippen LogP contribution in [-0.4, -0.2) is 75.1 Å². The van der Waals surface area contributed by atoms with Gasteiger partial charge in [0.15, 0.2) is 12.4 Å². The highest BCUT2D eigenvalue weighted by Crippen LogP contribution is 2.32. The van der Waals surface area contributed by atoms with E-state index >= 15 is 0 Å². The number of carbonyl (C=O) groups is 1. The number of aromatic nitrogens is 2. The van der Waals surface area contributed by atoms with E-state index in [1.807, 2.05) is 35.2 Å². The molecule has 0 saturated carbocycles. The Labute approximate surface area is 198 Å². The standard InChI is InChI=1S/C25H28N4O5/c1-31-18-4-6-19(7-5-18)34-17-25(30)29-14-12-28(13-15-29)24-11-9-22(26-27-24)21-16-20(32-2)8-10-23(21)33-3/h4-11,16H,12-15,17H2,1-3H3. The van der Waals surface area contributed by atoms with Crippen molar-refractivity contribution in [1.82, 2.24) is 15.1 Å². The summed E-state index contributed by atoms with van der Waals surface area (Å²) in [5.41, 5.74) is 1.51. The van der Waals surface area contributed by atoms with E-state index in [1.165, 1.54) is 0 Å². The zero-order chi connectivity index (χ0) is 23.9. The van der Waals surface area contributed by atoms with Crippen LogP contribution in [0.1, 0.15) is 0 Å². The van der Waals surface area contributed by atoms with Gasteiger partial charge in [-0.1, -0.05) is 0 Å². The number of rotatable bonds is 8. The van der Waals surface area contributed by atoms with E-state index in [0.29, 0.717) is 43.4 Å². The van der Waals surface area contributed by atoms with Crippen LogP contribution in [0.5, 0.6) is 23.0 Å². The lowest BCUT2D eigenvalue weighted by Crippen LogP contribution is -2.50. The summed E-state index contributed by atoms with van der Waals surface area (Å²) >= 11 is 0. The van der Waals surface area contributed by atoms with Gasteiger partial charge < -0.3 is 28.7 Å². The Kier molecular flexibility index (Phi) is 7.31. The van der Waals surface area contributed by atoms with Gasteiger partial charge in [-0.05, 0) is 54.6 Å². The molecule has 2 aromatic carbocycles. The maximum Gasteiger partial charge on any atom is 0.260 e. The third-order valence-corrected chi connectivity index (χ3v) is 5.71. The predicted molar refractivity (Wildman–Crippen MR) is 128 cm³/mol. The zero-order valence-electron chi connectivity index (χ0n) is 19.6. The summed E-state index contributed by atoms with van der Waals surface area (Å²) in [4.78, 5) is 16.5. The molecule has 0 spiro atoms. The Hall–Kier alpha value is -4.01. The summed E-state index contributed by atoms with van der Waals surface area (Å²) in [5, 5.41) is 8.81. The summed E-state index contributed by atoms with van der Waals surface area (Å²) in [5.74, 6) is 3.53. The molecule has 34 heavy (non-hydrogen) atoms. The molecule has 0 atom stereocenters. The SMILES string of the molecule is COc1ccc(OCC(=O)N2CCN(c3ccc(-c4cc(OC)ccc4OC)nn3)CC2)cc1. The Morgan fingerprint density at radius 2 is 1.47 bits per heavy atom. The lowest BCUT2D eigenvalue weighted by atomic mass is 10.1. The fourth-order valence-corrected chi connectivity index (χ4v) is 3.75. The average Bonchev–Trinajstić information content (AvgIpc) is 2.91. The maximum atomic E-state index is 12.6. The Morgan fingerprint density at radius 1 is 0.794 bits per heavy atom. The van der Waals surface area contributed by atoms with Gasteiger partial charge >= 0.3 is 0 Å². The molecule has 4 rings (SSSR count). The first-order valence-corrected chi connectivity index (χ1v) is 11.0. The molecule has 1 fully saturated rings. The molecule has 3 aromatic rings. The molecule has 178 valence electrons. The van der Waals surface area contributed by atoms with Crippen LogP contribution >= 0.6 is 0 Å². The van der Waals surface area contributed by atoms with Gasteiger partial charge in [-0.2, -0.15) is 0 Å². The van der Waals surface area contributed by atoms with Crippen LogP contribution in [0.25, 0.3) is 11.3 Å². The molecular weight excluding hydrogens is 436 g/mol. The number of piperazine rings is 1. The van der Waals surface area contributed by atoms with E-state index < -0.39 is 0 Å². The number of anilines is 1. The fraction of sp³-hybridized carbons (Fsp3) is 0.320. The van der Waals surface area contributed by atoms with Crippen molar-refractivity contribution in [2.45, 2.75) is 0 Å². The molecule has 1 aliphatic heterocycles. The van der Waals surface area contributed by atoms with Crippen molar-refractivity contribution in [2.24, 2.45) is 0 Å². The highest BCUT2D eigenvalue weighted by molar-refractivity contribution is 5.78. The fourth-order valence-electron chi connectivity index (χ4n) is 3.75. The quantitative estimate of drug-likeness (QED) is 0.503. The third-order valence-electron chi connectivity index (χ3n) is 5.71. The predicted octanol–water partition coefficient (Wildman–Crippen LogP) is 2.90. The van der Waals surface area contributed by atoms with E-state index in [4.69, 9.17) is 18.9 Å². The number of hydrogen-bond donors (Lipinski definition) is 0. The van der Waals surface area contributed by atoms with Crippen molar-refractivity contribution in [3.63, 3.8) is 0 Å². The second-order valence-corrected chi connectivity index (χ2v) is 7.68. The number of amides is 1. The topological polar surface area (TPSA) is 86.3 Å². The molecule has 0 radical (unpaired) electrons. The average molecular weight is 465 g/mol. The molecule has 9 nitrogen and oxygen atoms in total. The third kappa shape index (κ3) is 5.31. The number of benzene rings is 2. The number of methoxy groups -OCH3 is 3. The number of nitrogens with zero attached hydrogens (tertiary/aromatic N) is 4. The molecule has 2 heterocycles. The van der Waals surface area contributed by atoms with Gasteiger partial charge in [0.05, 0.1) is 27.0 Å². The van der Waals surface area contributed by atoms with Crippen molar-refractivity contribution < 1.29 is 23.7 Å². The summed E-state index contributed by atoms with van der Waals surface area (Å²) in [6.07, 6.45) is 0. The van der Waals surface area contributed by atoms with Crippen LogP contribution in [0, 0.1) is 0 Å². The van der Waals surface area contributed by atoms with Crippen LogP contribution in [0.3, 0.4) is 0 Å². The molecule has 9 heteroatoms. The Balaban J connectivity index is 1.32. The minimum absolute atomic E-state index is 0.00318. The number of carbonyl (C=O) groups excluding carboxylic acids is 1. The van der Waals surface area contributed by atoms with Crippen molar-refractivity contribution in [2.75, 3.05) is 59.0 Å². The monoisotopic (exact) mass is 464 g/mol. The molecule has 0 N–H and O–H groups in total. The summed E-state index contributed by atoms with van der Waals surface area (Å²) in [6.45, 7) is 2.54. The van der Waals surface area contributed by atoms with Crippen LogP contribution < -0.4 is 23.8 Å². The van der Waals surface area contributed by atoms with Gasteiger partial charge in [-0.15, -0.1) is 10.2 Å². The molecule has 0 bridgehead atoms. The van der Waals surface area contributed by atoms with Gasteiger partial charge in [-0.3, -0.25) is 4.79 Å². The lowest BCUT2D eigenvalue weighted by molar-refractivity contribution is -0.133. The zero-order valence-corrected chi connectivity index (χ0v) is 19.6. The van der Waals surface area contributed by atoms with Crippen LogP contribution in [-0.2, 0) is 4.79 Å². The molecule has 1 amide bonds. The minimum atomic E-state index is -0.0398. The number of hydrogen-bond acceptors (Lipinski definition) is 8. The highest BCUT2D eigenvalue weighted by atomic mass is 16.5. The first-order valence-electron chi connectivity index (χ1n) is 11.0. The molecule has 0 unspecified atom stereocenters. The normalized spacial score (nSPS) is 13.4. The van der Waals surface area contributed by atoms with Gasteiger partial charge in [0.25, 0.3) is 5.91 Å². The van der Waals surface area contributed by atoms with Crippen LogP contribution in [0.15, 0.2) is 54.6 Å². The van der Waals surface area contributed by atoms with E-state index in [0.717, 1.165) is 22.9 Å². The van der Waals surface area contributed by atoms with Crippen LogP contribution in [0.2, 0.25) is 0 Å². The van der Waals surface area contributed by atoms with E-state index in [1.54, 1.807) is 45.6 Å². The molecule has 1 saturated heterocycles. The van der Waals surface area contributed by atoms with Crippen molar-refractivity contribution >= 4 is 11.7 Å². The maximum absolute atomic E-state index is 12.6. The van der Waals surface area contributed by atoms with Crippen molar-refractivity contribution in [1.29, 1.82) is 0 Å². The van der Waals surface area contributed by atoms with Gasteiger partial charge in [0.2, 0.25) is 0 Å². The Morgan fingerprint density at radius 3 is 2.09 bits per heavy atom. The van der Waals surface area contributed by atoms with E-state index in [2.05, 4.69) is 15.1 Å². The summed E-state index contributed by atoms with van der Waals surface area (Å²) < 4.78 is 21.5. The summed E-state index contributed by atoms with van der Waals surface area (Å²) in [7, 11) is 4.85. The van der Waals surface area contributed by atoms with Gasteiger partial charge in [0, 0.05) is 31.7 Å². The van der Waals surface area contributed by atoms with Gasteiger partial charge in [-0.25, -0.2) is 0 Å². The number of ether oxygens (including phenoxy) is 4. The second kappa shape index (κ2) is 10.7. The first kappa shape index (κ1) is 23.2. The Bertz CT molecular complexity index is 1100.